The van der Waals surface area contributed by atoms with Gasteiger partial charge in [0.1, 0.15) is 6.04 Å². The lowest BCUT2D eigenvalue weighted by Crippen LogP contribution is -2.40. The number of amides is 1. The van der Waals surface area contributed by atoms with Crippen molar-refractivity contribution in [1.82, 2.24) is 10.6 Å². The predicted molar refractivity (Wildman–Crippen MR) is 69.2 cm³/mol. The van der Waals surface area contributed by atoms with E-state index in [9.17, 15) is 9.59 Å². The summed E-state index contributed by atoms with van der Waals surface area (Å²) in [6.07, 6.45) is 5.21. The van der Waals surface area contributed by atoms with Crippen LogP contribution >= 0.6 is 0 Å². The molecule has 0 bridgehead atoms. The molecule has 1 amide bonds. The zero-order chi connectivity index (χ0) is 13.4. The van der Waals surface area contributed by atoms with Crippen molar-refractivity contribution >= 4 is 11.9 Å². The molecular weight excluding hydrogens is 232 g/mol. The first-order valence-corrected chi connectivity index (χ1v) is 6.47. The molecule has 1 aliphatic heterocycles. The van der Waals surface area contributed by atoms with E-state index in [4.69, 9.17) is 5.11 Å². The second kappa shape index (κ2) is 7.87. The van der Waals surface area contributed by atoms with Gasteiger partial charge >= 0.3 is 5.97 Å². The number of hydrogen-bond acceptors (Lipinski definition) is 3. The van der Waals surface area contributed by atoms with Crippen molar-refractivity contribution in [3.63, 3.8) is 0 Å². The van der Waals surface area contributed by atoms with Crippen molar-refractivity contribution in [1.29, 1.82) is 0 Å². The molecule has 1 fully saturated rings. The van der Waals surface area contributed by atoms with Gasteiger partial charge in [-0.1, -0.05) is 6.08 Å². The zero-order valence-electron chi connectivity index (χ0n) is 10.7. The fraction of sp³-hybridized carbons (Fsp3) is 0.692. The van der Waals surface area contributed by atoms with Gasteiger partial charge in [-0.2, -0.15) is 0 Å². The second-order valence-corrected chi connectivity index (χ2v) is 4.71. The molecule has 1 atom stereocenters. The summed E-state index contributed by atoms with van der Waals surface area (Å²) in [7, 11) is 0. The normalized spacial score (nSPS) is 18.0. The largest absolute Gasteiger partial charge is 0.480 e. The van der Waals surface area contributed by atoms with Crippen LogP contribution in [-0.2, 0) is 9.59 Å². The Morgan fingerprint density at radius 2 is 2.11 bits per heavy atom. The van der Waals surface area contributed by atoms with Gasteiger partial charge in [0, 0.05) is 6.42 Å². The van der Waals surface area contributed by atoms with E-state index < -0.39 is 12.0 Å². The van der Waals surface area contributed by atoms with E-state index >= 15 is 0 Å². The highest BCUT2D eigenvalue weighted by Gasteiger charge is 2.19. The SMILES string of the molecule is C=CCC(NC(=O)CCC1CCNCC1)C(=O)O. The maximum absolute atomic E-state index is 11.7. The molecule has 1 saturated heterocycles. The number of nitrogens with one attached hydrogen (secondary N) is 2. The monoisotopic (exact) mass is 254 g/mol. The van der Waals surface area contributed by atoms with Crippen molar-refractivity contribution < 1.29 is 14.7 Å². The first-order chi connectivity index (χ1) is 8.63. The Morgan fingerprint density at radius 1 is 1.44 bits per heavy atom. The van der Waals surface area contributed by atoms with E-state index in [0.717, 1.165) is 32.4 Å². The van der Waals surface area contributed by atoms with E-state index in [1.165, 1.54) is 6.08 Å². The summed E-state index contributed by atoms with van der Waals surface area (Å²) in [5, 5.41) is 14.7. The third-order valence-electron chi connectivity index (χ3n) is 3.27. The van der Waals surface area contributed by atoms with Crippen LogP contribution in [0.3, 0.4) is 0 Å². The lowest BCUT2D eigenvalue weighted by molar-refractivity contribution is -0.141. The fourth-order valence-corrected chi connectivity index (χ4v) is 2.16. The minimum Gasteiger partial charge on any atom is -0.480 e. The number of carboxylic acid groups (broad SMARTS) is 1. The van der Waals surface area contributed by atoms with E-state index in [2.05, 4.69) is 17.2 Å². The van der Waals surface area contributed by atoms with Gasteiger partial charge in [-0.05, 0) is 44.7 Å². The first-order valence-electron chi connectivity index (χ1n) is 6.47. The van der Waals surface area contributed by atoms with Crippen LogP contribution in [0.25, 0.3) is 0 Å². The van der Waals surface area contributed by atoms with Gasteiger partial charge in [0.15, 0.2) is 0 Å². The van der Waals surface area contributed by atoms with Crippen molar-refractivity contribution in [3.05, 3.63) is 12.7 Å². The molecule has 0 aromatic heterocycles. The molecule has 1 rings (SSSR count). The van der Waals surface area contributed by atoms with Crippen LogP contribution in [-0.4, -0.2) is 36.1 Å². The molecular formula is C13H22N2O3. The Balaban J connectivity index is 2.26. The molecule has 5 heteroatoms. The number of rotatable bonds is 7. The Bertz CT molecular complexity index is 299. The molecule has 1 heterocycles. The topological polar surface area (TPSA) is 78.4 Å². The minimum absolute atomic E-state index is 0.178. The van der Waals surface area contributed by atoms with Crippen LogP contribution < -0.4 is 10.6 Å². The Hall–Kier alpha value is -1.36. The van der Waals surface area contributed by atoms with E-state index in [0.29, 0.717) is 12.3 Å². The van der Waals surface area contributed by atoms with Gasteiger partial charge in [-0.15, -0.1) is 6.58 Å². The van der Waals surface area contributed by atoms with Crippen molar-refractivity contribution in [2.24, 2.45) is 5.92 Å². The molecule has 1 unspecified atom stereocenters. The number of piperidine rings is 1. The van der Waals surface area contributed by atoms with E-state index in [1.54, 1.807) is 0 Å². The Morgan fingerprint density at radius 3 is 2.67 bits per heavy atom. The van der Waals surface area contributed by atoms with Crippen LogP contribution in [0.2, 0.25) is 0 Å². The van der Waals surface area contributed by atoms with Crippen LogP contribution in [0.4, 0.5) is 0 Å². The Kier molecular flexibility index (Phi) is 6.43. The average molecular weight is 254 g/mol. The fourth-order valence-electron chi connectivity index (χ4n) is 2.16. The van der Waals surface area contributed by atoms with Crippen LogP contribution in [0.1, 0.15) is 32.1 Å². The molecule has 0 radical (unpaired) electrons. The summed E-state index contributed by atoms with van der Waals surface area (Å²) in [4.78, 5) is 22.5. The van der Waals surface area contributed by atoms with Gasteiger partial charge in [0.2, 0.25) is 5.91 Å². The van der Waals surface area contributed by atoms with Gasteiger partial charge < -0.3 is 15.7 Å². The second-order valence-electron chi connectivity index (χ2n) is 4.71. The molecule has 18 heavy (non-hydrogen) atoms. The first kappa shape index (κ1) is 14.7. The van der Waals surface area contributed by atoms with Crippen LogP contribution in [0, 0.1) is 5.92 Å². The standard InChI is InChI=1S/C13H22N2O3/c1-2-3-11(13(17)18)15-12(16)5-4-10-6-8-14-9-7-10/h2,10-11,14H,1,3-9H2,(H,15,16)(H,17,18). The summed E-state index contributed by atoms with van der Waals surface area (Å²) in [6.45, 7) is 5.52. The maximum atomic E-state index is 11.7. The summed E-state index contributed by atoms with van der Waals surface area (Å²) >= 11 is 0. The van der Waals surface area contributed by atoms with Crippen molar-refractivity contribution in [2.75, 3.05) is 13.1 Å². The molecule has 0 aliphatic carbocycles. The van der Waals surface area contributed by atoms with E-state index in [1.807, 2.05) is 0 Å². The number of aliphatic carboxylic acids is 1. The van der Waals surface area contributed by atoms with Crippen molar-refractivity contribution in [3.8, 4) is 0 Å². The molecule has 3 N–H and O–H groups in total. The smallest absolute Gasteiger partial charge is 0.326 e. The predicted octanol–water partition coefficient (Wildman–Crippen LogP) is 0.912. The molecule has 5 nitrogen and oxygen atoms in total. The molecule has 1 aliphatic rings. The van der Waals surface area contributed by atoms with Gasteiger partial charge in [-0.25, -0.2) is 4.79 Å². The molecule has 0 spiro atoms. The highest BCUT2D eigenvalue weighted by molar-refractivity contribution is 5.83. The lowest BCUT2D eigenvalue weighted by Gasteiger charge is -2.22. The number of carbonyl (C=O) groups is 2. The molecule has 0 aromatic carbocycles. The van der Waals surface area contributed by atoms with Gasteiger partial charge in [0.05, 0.1) is 0 Å². The molecule has 0 aromatic rings. The van der Waals surface area contributed by atoms with E-state index in [-0.39, 0.29) is 12.3 Å². The number of hydrogen-bond donors (Lipinski definition) is 3. The van der Waals surface area contributed by atoms with Crippen molar-refractivity contribution in [2.45, 2.75) is 38.1 Å². The highest BCUT2D eigenvalue weighted by Crippen LogP contribution is 2.17. The highest BCUT2D eigenvalue weighted by atomic mass is 16.4. The summed E-state index contributed by atoms with van der Waals surface area (Å²) in [5.41, 5.74) is 0. The third-order valence-corrected chi connectivity index (χ3v) is 3.27. The maximum Gasteiger partial charge on any atom is 0.326 e. The number of carbonyl (C=O) groups excluding carboxylic acids is 1. The molecule has 0 saturated carbocycles. The summed E-state index contributed by atoms with van der Waals surface area (Å²) in [6, 6.07) is -0.844. The molecule has 102 valence electrons. The summed E-state index contributed by atoms with van der Waals surface area (Å²) < 4.78 is 0. The quantitative estimate of drug-likeness (QED) is 0.590. The van der Waals surface area contributed by atoms with Gasteiger partial charge in [0.25, 0.3) is 0 Å². The van der Waals surface area contributed by atoms with Crippen LogP contribution in [0.15, 0.2) is 12.7 Å². The summed E-state index contributed by atoms with van der Waals surface area (Å²) in [5.74, 6) is -0.604. The lowest BCUT2D eigenvalue weighted by atomic mass is 9.93. The third kappa shape index (κ3) is 5.31. The van der Waals surface area contributed by atoms with Gasteiger partial charge in [-0.3, -0.25) is 4.79 Å². The minimum atomic E-state index is -1.01. The Labute approximate surface area is 108 Å². The van der Waals surface area contributed by atoms with Crippen LogP contribution in [0.5, 0.6) is 0 Å². The number of carboxylic acids is 1. The zero-order valence-corrected chi connectivity index (χ0v) is 10.7. The average Bonchev–Trinajstić information content (AvgIpc) is 2.37.